The van der Waals surface area contributed by atoms with E-state index in [1.54, 1.807) is 22.7 Å². The van der Waals surface area contributed by atoms with E-state index in [0.717, 1.165) is 5.69 Å². The van der Waals surface area contributed by atoms with E-state index in [1.807, 2.05) is 27.7 Å². The van der Waals surface area contributed by atoms with E-state index < -0.39 is 0 Å². The molecule has 1 amide bonds. The van der Waals surface area contributed by atoms with Crippen LogP contribution in [0.25, 0.3) is 5.65 Å². The van der Waals surface area contributed by atoms with Crippen LogP contribution in [0.5, 0.6) is 0 Å². The normalized spacial score (nSPS) is 11.8. The molecule has 0 spiro atoms. The average molecular weight is 280 g/mol. The molecule has 0 saturated heterocycles. The van der Waals surface area contributed by atoms with Gasteiger partial charge in [0.2, 0.25) is 0 Å². The quantitative estimate of drug-likeness (QED) is 0.918. The SMILES string of the molecule is CCc1nc2cc(Cl)ccn2c1C(=O)NC(C)(C)C. The number of nitrogens with one attached hydrogen (secondary N) is 1. The molecule has 0 aliphatic carbocycles. The Bertz CT molecular complexity index is 625. The number of pyridine rings is 1. The van der Waals surface area contributed by atoms with E-state index in [-0.39, 0.29) is 11.4 Å². The molecule has 2 aromatic rings. The van der Waals surface area contributed by atoms with E-state index in [4.69, 9.17) is 11.6 Å². The maximum atomic E-state index is 12.4. The second-order valence-electron chi connectivity index (χ2n) is 5.54. The van der Waals surface area contributed by atoms with Crippen molar-refractivity contribution in [2.24, 2.45) is 0 Å². The van der Waals surface area contributed by atoms with Crippen molar-refractivity contribution in [3.05, 3.63) is 34.7 Å². The Kier molecular flexibility index (Phi) is 3.54. The Morgan fingerprint density at radius 1 is 1.47 bits per heavy atom. The largest absolute Gasteiger partial charge is 0.346 e. The van der Waals surface area contributed by atoms with Gasteiger partial charge >= 0.3 is 0 Å². The van der Waals surface area contributed by atoms with Gasteiger partial charge in [-0.15, -0.1) is 0 Å². The Hall–Kier alpha value is -1.55. The zero-order valence-electron chi connectivity index (χ0n) is 11.6. The van der Waals surface area contributed by atoms with Gasteiger partial charge in [-0.1, -0.05) is 18.5 Å². The molecule has 2 rings (SSSR count). The molecule has 0 fully saturated rings. The van der Waals surface area contributed by atoms with Crippen molar-refractivity contribution in [3.8, 4) is 0 Å². The molecule has 0 atom stereocenters. The number of hydrogen-bond acceptors (Lipinski definition) is 2. The van der Waals surface area contributed by atoms with Gasteiger partial charge in [0.25, 0.3) is 5.91 Å². The maximum Gasteiger partial charge on any atom is 0.270 e. The van der Waals surface area contributed by atoms with Crippen LogP contribution in [0.3, 0.4) is 0 Å². The van der Waals surface area contributed by atoms with Gasteiger partial charge in [-0.05, 0) is 33.3 Å². The predicted molar refractivity (Wildman–Crippen MR) is 76.8 cm³/mol. The number of fused-ring (bicyclic) bond motifs is 1. The van der Waals surface area contributed by atoms with Gasteiger partial charge in [-0.3, -0.25) is 9.20 Å². The number of carbonyl (C=O) groups excluding carboxylic acids is 1. The Labute approximate surface area is 117 Å². The van der Waals surface area contributed by atoms with Crippen molar-refractivity contribution < 1.29 is 4.79 Å². The lowest BCUT2D eigenvalue weighted by molar-refractivity contribution is 0.0912. The van der Waals surface area contributed by atoms with E-state index in [0.29, 0.717) is 22.8 Å². The van der Waals surface area contributed by atoms with Gasteiger partial charge in [0.05, 0.1) is 5.69 Å². The highest BCUT2D eigenvalue weighted by atomic mass is 35.5. The third-order valence-corrected chi connectivity index (χ3v) is 2.93. The minimum Gasteiger partial charge on any atom is -0.346 e. The van der Waals surface area contributed by atoms with Crippen molar-refractivity contribution in [3.63, 3.8) is 0 Å². The Balaban J connectivity index is 2.54. The summed E-state index contributed by atoms with van der Waals surface area (Å²) in [5.74, 6) is -0.112. The molecule has 4 nitrogen and oxygen atoms in total. The standard InChI is InChI=1S/C14H18ClN3O/c1-5-10-12(13(19)17-14(2,3)4)18-7-6-9(15)8-11(18)16-10/h6-8H,5H2,1-4H3,(H,17,19). The molecule has 102 valence electrons. The molecule has 0 saturated carbocycles. The fourth-order valence-corrected chi connectivity index (χ4v) is 2.11. The molecule has 0 aliphatic heterocycles. The van der Waals surface area contributed by atoms with Crippen LogP contribution in [-0.2, 0) is 6.42 Å². The molecule has 2 heterocycles. The molecule has 0 aromatic carbocycles. The highest BCUT2D eigenvalue weighted by Gasteiger charge is 2.22. The first-order chi connectivity index (χ1) is 8.81. The molecule has 0 radical (unpaired) electrons. The van der Waals surface area contributed by atoms with Crippen molar-refractivity contribution in [2.45, 2.75) is 39.7 Å². The zero-order valence-corrected chi connectivity index (χ0v) is 12.4. The van der Waals surface area contributed by atoms with Gasteiger partial charge < -0.3 is 5.32 Å². The van der Waals surface area contributed by atoms with Crippen molar-refractivity contribution in [1.29, 1.82) is 0 Å². The summed E-state index contributed by atoms with van der Waals surface area (Å²) >= 11 is 5.96. The van der Waals surface area contributed by atoms with E-state index in [2.05, 4.69) is 10.3 Å². The Morgan fingerprint density at radius 2 is 2.16 bits per heavy atom. The third kappa shape index (κ3) is 2.89. The van der Waals surface area contributed by atoms with Crippen molar-refractivity contribution in [2.75, 3.05) is 0 Å². The molecule has 0 unspecified atom stereocenters. The lowest BCUT2D eigenvalue weighted by Crippen LogP contribution is -2.41. The van der Waals surface area contributed by atoms with E-state index in [9.17, 15) is 4.79 Å². The summed E-state index contributed by atoms with van der Waals surface area (Å²) in [6, 6.07) is 3.51. The lowest BCUT2D eigenvalue weighted by Gasteiger charge is -2.20. The molecule has 0 aliphatic rings. The van der Waals surface area contributed by atoms with Crippen LogP contribution in [-0.4, -0.2) is 20.8 Å². The summed E-state index contributed by atoms with van der Waals surface area (Å²) in [7, 11) is 0. The summed E-state index contributed by atoms with van der Waals surface area (Å²) in [6.45, 7) is 7.85. The van der Waals surface area contributed by atoms with Crippen LogP contribution in [0.2, 0.25) is 5.02 Å². The number of amides is 1. The highest BCUT2D eigenvalue weighted by molar-refractivity contribution is 6.30. The number of hydrogen-bond donors (Lipinski definition) is 1. The number of aryl methyl sites for hydroxylation is 1. The van der Waals surface area contributed by atoms with Gasteiger partial charge in [-0.25, -0.2) is 4.98 Å². The lowest BCUT2D eigenvalue weighted by atomic mass is 10.1. The highest BCUT2D eigenvalue weighted by Crippen LogP contribution is 2.18. The van der Waals surface area contributed by atoms with Gasteiger partial charge in [0.15, 0.2) is 0 Å². The van der Waals surface area contributed by atoms with Gasteiger partial charge in [0.1, 0.15) is 11.3 Å². The second kappa shape index (κ2) is 4.85. The van der Waals surface area contributed by atoms with Crippen LogP contribution in [0.1, 0.15) is 43.9 Å². The van der Waals surface area contributed by atoms with Crippen LogP contribution in [0, 0.1) is 0 Å². The minimum atomic E-state index is -0.279. The van der Waals surface area contributed by atoms with E-state index >= 15 is 0 Å². The third-order valence-electron chi connectivity index (χ3n) is 2.70. The number of carbonyl (C=O) groups is 1. The van der Waals surface area contributed by atoms with E-state index in [1.165, 1.54) is 0 Å². The molecule has 2 aromatic heterocycles. The zero-order chi connectivity index (χ0) is 14.2. The fraction of sp³-hybridized carbons (Fsp3) is 0.429. The number of aromatic nitrogens is 2. The summed E-state index contributed by atoms with van der Waals surface area (Å²) in [5, 5.41) is 3.58. The molecular formula is C14H18ClN3O. The fourth-order valence-electron chi connectivity index (χ4n) is 1.96. The predicted octanol–water partition coefficient (Wildman–Crippen LogP) is 3.08. The summed E-state index contributed by atoms with van der Waals surface area (Å²) < 4.78 is 1.78. The smallest absolute Gasteiger partial charge is 0.270 e. The van der Waals surface area contributed by atoms with Crippen LogP contribution in [0.4, 0.5) is 0 Å². The summed E-state index contributed by atoms with van der Waals surface area (Å²) in [6.07, 6.45) is 2.48. The number of rotatable bonds is 2. The number of imidazole rings is 1. The first-order valence-electron chi connectivity index (χ1n) is 6.31. The molecule has 5 heteroatoms. The average Bonchev–Trinajstić information content (AvgIpc) is 2.63. The van der Waals surface area contributed by atoms with Crippen LogP contribution in [0.15, 0.2) is 18.3 Å². The molecule has 1 N–H and O–H groups in total. The topological polar surface area (TPSA) is 46.4 Å². The van der Waals surface area contributed by atoms with Crippen LogP contribution < -0.4 is 5.32 Å². The van der Waals surface area contributed by atoms with Crippen LogP contribution >= 0.6 is 11.6 Å². The minimum absolute atomic E-state index is 0.112. The summed E-state index contributed by atoms with van der Waals surface area (Å²) in [4.78, 5) is 16.9. The first kappa shape index (κ1) is 13.9. The number of nitrogens with zero attached hydrogens (tertiary/aromatic N) is 2. The second-order valence-corrected chi connectivity index (χ2v) is 5.97. The molecular weight excluding hydrogens is 262 g/mol. The summed E-state index contributed by atoms with van der Waals surface area (Å²) in [5.41, 5.74) is 1.79. The van der Waals surface area contributed by atoms with Gasteiger partial charge in [0, 0.05) is 22.8 Å². The van der Waals surface area contributed by atoms with Gasteiger partial charge in [-0.2, -0.15) is 0 Å². The Morgan fingerprint density at radius 3 is 2.74 bits per heavy atom. The van der Waals surface area contributed by atoms with Crippen molar-refractivity contribution in [1.82, 2.24) is 14.7 Å². The monoisotopic (exact) mass is 279 g/mol. The maximum absolute atomic E-state index is 12.4. The molecule has 0 bridgehead atoms. The first-order valence-corrected chi connectivity index (χ1v) is 6.68. The number of halogens is 1. The molecule has 19 heavy (non-hydrogen) atoms. The van der Waals surface area contributed by atoms with Crippen molar-refractivity contribution >= 4 is 23.2 Å².